The third kappa shape index (κ3) is 3.40. The van der Waals surface area contributed by atoms with Crippen molar-refractivity contribution >= 4 is 17.0 Å². The molecule has 1 aromatic heterocycles. The second-order valence-electron chi connectivity index (χ2n) is 5.32. The first kappa shape index (κ1) is 13.6. The van der Waals surface area contributed by atoms with Crippen LogP contribution in [0.25, 0.3) is 11.0 Å². The Morgan fingerprint density at radius 3 is 2.81 bits per heavy atom. The van der Waals surface area contributed by atoms with Gasteiger partial charge in [0.2, 0.25) is 5.95 Å². The molecule has 0 amide bonds. The maximum Gasteiger partial charge on any atom is 0.201 e. The van der Waals surface area contributed by atoms with Gasteiger partial charge in [-0.1, -0.05) is 30.3 Å². The average Bonchev–Trinajstić information content (AvgIpc) is 2.87. The molecule has 0 aliphatic carbocycles. The van der Waals surface area contributed by atoms with Gasteiger partial charge >= 0.3 is 0 Å². The maximum atomic E-state index is 13.1. The standard InChI is InChI=1S/C17H18FN3/c1-12(7-8-13-5-3-2-4-6-13)19-17-20-15-10-9-14(18)11-16(15)21-17/h2-6,9-12H,7-8H2,1H3,(H2,19,20,21). The first-order valence-corrected chi connectivity index (χ1v) is 7.16. The summed E-state index contributed by atoms with van der Waals surface area (Å²) >= 11 is 0. The molecule has 0 saturated heterocycles. The predicted molar refractivity (Wildman–Crippen MR) is 83.9 cm³/mol. The molecule has 0 spiro atoms. The van der Waals surface area contributed by atoms with Gasteiger partial charge in [0.15, 0.2) is 0 Å². The van der Waals surface area contributed by atoms with Crippen LogP contribution in [-0.2, 0) is 6.42 Å². The Morgan fingerprint density at radius 1 is 1.19 bits per heavy atom. The zero-order chi connectivity index (χ0) is 14.7. The summed E-state index contributed by atoms with van der Waals surface area (Å²) in [5.41, 5.74) is 2.82. The second kappa shape index (κ2) is 5.95. The molecule has 3 nitrogen and oxygen atoms in total. The Balaban J connectivity index is 1.62. The zero-order valence-electron chi connectivity index (χ0n) is 11.9. The van der Waals surface area contributed by atoms with Crippen molar-refractivity contribution in [3.63, 3.8) is 0 Å². The number of imidazole rings is 1. The van der Waals surface area contributed by atoms with Crippen LogP contribution in [0.15, 0.2) is 48.5 Å². The molecule has 0 aliphatic heterocycles. The van der Waals surface area contributed by atoms with E-state index in [1.165, 1.54) is 17.7 Å². The lowest BCUT2D eigenvalue weighted by atomic mass is 10.1. The number of H-pyrrole nitrogens is 1. The van der Waals surface area contributed by atoms with E-state index in [1.807, 2.05) is 6.07 Å². The van der Waals surface area contributed by atoms with Crippen LogP contribution < -0.4 is 5.32 Å². The van der Waals surface area contributed by atoms with Crippen LogP contribution in [0.3, 0.4) is 0 Å². The van der Waals surface area contributed by atoms with Gasteiger partial charge in [0, 0.05) is 6.04 Å². The smallest absolute Gasteiger partial charge is 0.201 e. The van der Waals surface area contributed by atoms with Crippen molar-refractivity contribution < 1.29 is 4.39 Å². The molecular weight excluding hydrogens is 265 g/mol. The normalized spacial score (nSPS) is 12.5. The highest BCUT2D eigenvalue weighted by Gasteiger charge is 2.07. The van der Waals surface area contributed by atoms with Gasteiger partial charge in [0.1, 0.15) is 5.82 Å². The van der Waals surface area contributed by atoms with E-state index in [9.17, 15) is 4.39 Å². The van der Waals surface area contributed by atoms with Gasteiger partial charge in [-0.2, -0.15) is 0 Å². The van der Waals surface area contributed by atoms with Crippen molar-refractivity contribution in [3.8, 4) is 0 Å². The van der Waals surface area contributed by atoms with Gasteiger partial charge in [0.05, 0.1) is 11.0 Å². The van der Waals surface area contributed by atoms with E-state index in [4.69, 9.17) is 0 Å². The van der Waals surface area contributed by atoms with Crippen LogP contribution in [0.5, 0.6) is 0 Å². The van der Waals surface area contributed by atoms with Crippen molar-refractivity contribution in [2.75, 3.05) is 5.32 Å². The Kier molecular flexibility index (Phi) is 3.86. The Morgan fingerprint density at radius 2 is 2.00 bits per heavy atom. The van der Waals surface area contributed by atoms with E-state index in [2.05, 4.69) is 46.5 Å². The molecule has 1 heterocycles. The molecule has 2 aromatic carbocycles. The van der Waals surface area contributed by atoms with Gasteiger partial charge in [-0.05, 0) is 43.5 Å². The largest absolute Gasteiger partial charge is 0.353 e. The highest BCUT2D eigenvalue weighted by molar-refractivity contribution is 5.77. The maximum absolute atomic E-state index is 13.1. The number of anilines is 1. The monoisotopic (exact) mass is 283 g/mol. The zero-order valence-corrected chi connectivity index (χ0v) is 11.9. The first-order chi connectivity index (χ1) is 10.2. The van der Waals surface area contributed by atoms with E-state index >= 15 is 0 Å². The number of aromatic nitrogens is 2. The molecule has 0 aliphatic rings. The van der Waals surface area contributed by atoms with Crippen LogP contribution >= 0.6 is 0 Å². The van der Waals surface area contributed by atoms with E-state index in [0.29, 0.717) is 11.5 Å². The topological polar surface area (TPSA) is 40.7 Å². The lowest BCUT2D eigenvalue weighted by Gasteiger charge is -2.12. The van der Waals surface area contributed by atoms with Crippen LogP contribution in [0.4, 0.5) is 10.3 Å². The number of fused-ring (bicyclic) bond motifs is 1. The summed E-state index contributed by atoms with van der Waals surface area (Å²) in [5, 5.41) is 3.33. The van der Waals surface area contributed by atoms with Gasteiger partial charge in [-0.3, -0.25) is 0 Å². The number of nitrogens with zero attached hydrogens (tertiary/aromatic N) is 1. The van der Waals surface area contributed by atoms with Gasteiger partial charge in [0.25, 0.3) is 0 Å². The molecule has 0 bridgehead atoms. The quantitative estimate of drug-likeness (QED) is 0.739. The van der Waals surface area contributed by atoms with E-state index in [-0.39, 0.29) is 11.9 Å². The Bertz CT molecular complexity index is 721. The third-order valence-electron chi connectivity index (χ3n) is 3.54. The summed E-state index contributed by atoms with van der Waals surface area (Å²) in [6, 6.07) is 15.3. The summed E-state index contributed by atoms with van der Waals surface area (Å²) in [6.07, 6.45) is 2.03. The Hall–Kier alpha value is -2.36. The number of halogens is 1. The van der Waals surface area contributed by atoms with Crippen molar-refractivity contribution in [1.29, 1.82) is 0 Å². The second-order valence-corrected chi connectivity index (χ2v) is 5.32. The van der Waals surface area contributed by atoms with E-state index in [0.717, 1.165) is 18.4 Å². The Labute approximate surface area is 123 Å². The van der Waals surface area contributed by atoms with Gasteiger partial charge in [-0.25, -0.2) is 9.37 Å². The summed E-state index contributed by atoms with van der Waals surface area (Å²) in [5.74, 6) is 0.436. The molecule has 0 fully saturated rings. The lowest BCUT2D eigenvalue weighted by Crippen LogP contribution is -2.16. The van der Waals surface area contributed by atoms with E-state index in [1.54, 1.807) is 6.07 Å². The fourth-order valence-electron chi connectivity index (χ4n) is 2.38. The number of nitrogens with one attached hydrogen (secondary N) is 2. The fourth-order valence-corrected chi connectivity index (χ4v) is 2.38. The molecule has 21 heavy (non-hydrogen) atoms. The highest BCUT2D eigenvalue weighted by Crippen LogP contribution is 2.16. The molecule has 1 atom stereocenters. The average molecular weight is 283 g/mol. The molecule has 0 saturated carbocycles. The van der Waals surface area contributed by atoms with Crippen molar-refractivity contribution in [2.45, 2.75) is 25.8 Å². The van der Waals surface area contributed by atoms with Crippen molar-refractivity contribution in [1.82, 2.24) is 9.97 Å². The molecule has 108 valence electrons. The van der Waals surface area contributed by atoms with Crippen LogP contribution in [0, 0.1) is 5.82 Å². The number of aromatic amines is 1. The third-order valence-corrected chi connectivity index (χ3v) is 3.54. The van der Waals surface area contributed by atoms with Gasteiger partial charge in [-0.15, -0.1) is 0 Å². The molecule has 1 unspecified atom stereocenters. The summed E-state index contributed by atoms with van der Waals surface area (Å²) in [6.45, 7) is 2.12. The number of benzene rings is 2. The lowest BCUT2D eigenvalue weighted by molar-refractivity contribution is 0.629. The van der Waals surface area contributed by atoms with Crippen molar-refractivity contribution in [3.05, 3.63) is 59.9 Å². The minimum atomic E-state index is -0.255. The van der Waals surface area contributed by atoms with Crippen LogP contribution in [0.1, 0.15) is 18.9 Å². The minimum absolute atomic E-state index is 0.255. The van der Waals surface area contributed by atoms with Crippen LogP contribution in [0.2, 0.25) is 0 Å². The molecule has 3 rings (SSSR count). The molecular formula is C17H18FN3. The summed E-state index contributed by atoms with van der Waals surface area (Å²) < 4.78 is 13.1. The molecule has 2 N–H and O–H groups in total. The number of hydrogen-bond donors (Lipinski definition) is 2. The predicted octanol–water partition coefficient (Wildman–Crippen LogP) is 4.14. The summed E-state index contributed by atoms with van der Waals surface area (Å²) in [4.78, 5) is 7.52. The SMILES string of the molecule is CC(CCc1ccccc1)Nc1nc2ccc(F)cc2[nH]1. The molecule has 4 heteroatoms. The fraction of sp³-hybridized carbons (Fsp3) is 0.235. The summed E-state index contributed by atoms with van der Waals surface area (Å²) in [7, 11) is 0. The van der Waals surface area contributed by atoms with Crippen molar-refractivity contribution in [2.24, 2.45) is 0 Å². The number of aryl methyl sites for hydroxylation is 1. The van der Waals surface area contributed by atoms with Crippen LogP contribution in [-0.4, -0.2) is 16.0 Å². The van der Waals surface area contributed by atoms with Gasteiger partial charge < -0.3 is 10.3 Å². The molecule has 0 radical (unpaired) electrons. The highest BCUT2D eigenvalue weighted by atomic mass is 19.1. The molecule has 3 aromatic rings. The number of hydrogen-bond acceptors (Lipinski definition) is 2. The van der Waals surface area contributed by atoms with E-state index < -0.39 is 0 Å². The number of rotatable bonds is 5. The first-order valence-electron chi connectivity index (χ1n) is 7.16. The minimum Gasteiger partial charge on any atom is -0.353 e.